The summed E-state index contributed by atoms with van der Waals surface area (Å²) in [5.74, 6) is 0. The molecule has 4 aromatic carbocycles. The summed E-state index contributed by atoms with van der Waals surface area (Å²) in [5.41, 5.74) is 9.82. The van der Waals surface area contributed by atoms with Crippen LogP contribution < -0.4 is 4.90 Å². The molecule has 6 rings (SSSR count). The van der Waals surface area contributed by atoms with Gasteiger partial charge in [-0.2, -0.15) is 0 Å². The summed E-state index contributed by atoms with van der Waals surface area (Å²) in [4.78, 5) is 11.2. The maximum Gasteiger partial charge on any atom is 0.0719 e. The Morgan fingerprint density at radius 3 is 1.32 bits per heavy atom. The van der Waals surface area contributed by atoms with Crippen LogP contribution in [-0.4, -0.2) is 9.97 Å². The molecule has 0 atom stereocenters. The smallest absolute Gasteiger partial charge is 0.0719 e. The summed E-state index contributed by atoms with van der Waals surface area (Å²) < 4.78 is 0. The van der Waals surface area contributed by atoms with Crippen molar-refractivity contribution in [3.63, 3.8) is 0 Å². The first-order valence-corrected chi connectivity index (χ1v) is 12.3. The molecule has 0 saturated heterocycles. The minimum atomic E-state index is 0.899. The van der Waals surface area contributed by atoms with E-state index >= 15 is 0 Å². The molecule has 0 radical (unpaired) electrons. The Bertz CT molecular complexity index is 1360. The van der Waals surface area contributed by atoms with E-state index in [2.05, 4.69) is 119 Å². The minimum absolute atomic E-state index is 0.899. The first-order chi connectivity index (χ1) is 18.3. The molecule has 6 aromatic rings. The van der Waals surface area contributed by atoms with Gasteiger partial charge in [0, 0.05) is 29.3 Å². The molecule has 3 heteroatoms. The van der Waals surface area contributed by atoms with E-state index in [0.29, 0.717) is 0 Å². The van der Waals surface area contributed by atoms with E-state index in [0.717, 1.165) is 28.3 Å². The van der Waals surface area contributed by atoms with E-state index in [4.69, 9.17) is 4.98 Å². The predicted molar refractivity (Wildman–Crippen MR) is 153 cm³/mol. The quantitative estimate of drug-likeness (QED) is 0.241. The lowest BCUT2D eigenvalue weighted by Gasteiger charge is -2.25. The molecule has 0 aliphatic heterocycles. The van der Waals surface area contributed by atoms with Crippen molar-refractivity contribution < 1.29 is 0 Å². The standard InChI is InChI=1S/C34H25N3/c1-3-8-26(9-4-1)28-13-17-31(18-14-28)37(32-19-15-29(16-20-32)27-10-5-2-6-11-27)33-21-22-34(36-25-33)30-12-7-23-35-24-30/h1-25H. The Hall–Kier alpha value is -5.02. The molecule has 0 fully saturated rings. The van der Waals surface area contributed by atoms with Gasteiger partial charge in [-0.1, -0.05) is 84.9 Å². The molecule has 0 amide bonds. The predicted octanol–water partition coefficient (Wildman–Crippen LogP) is 8.95. The number of aromatic nitrogens is 2. The van der Waals surface area contributed by atoms with Gasteiger partial charge >= 0.3 is 0 Å². The summed E-state index contributed by atoms with van der Waals surface area (Å²) in [7, 11) is 0. The first kappa shape index (κ1) is 22.4. The van der Waals surface area contributed by atoms with Crippen molar-refractivity contribution in [1.29, 1.82) is 0 Å². The Balaban J connectivity index is 1.38. The molecule has 37 heavy (non-hydrogen) atoms. The summed E-state index contributed by atoms with van der Waals surface area (Å²) in [6.07, 6.45) is 5.54. The highest BCUT2D eigenvalue weighted by Crippen LogP contribution is 2.36. The second-order valence-corrected chi connectivity index (χ2v) is 8.80. The molecule has 0 aliphatic carbocycles. The summed E-state index contributed by atoms with van der Waals surface area (Å²) in [5, 5.41) is 0. The highest BCUT2D eigenvalue weighted by molar-refractivity contribution is 5.80. The van der Waals surface area contributed by atoms with Crippen molar-refractivity contribution in [2.75, 3.05) is 4.90 Å². The fraction of sp³-hybridized carbons (Fsp3) is 0. The van der Waals surface area contributed by atoms with Crippen LogP contribution in [0.2, 0.25) is 0 Å². The molecule has 2 heterocycles. The van der Waals surface area contributed by atoms with Gasteiger partial charge in [-0.25, -0.2) is 0 Å². The third-order valence-corrected chi connectivity index (χ3v) is 6.43. The van der Waals surface area contributed by atoms with Gasteiger partial charge in [0.2, 0.25) is 0 Å². The minimum Gasteiger partial charge on any atom is -0.309 e. The highest BCUT2D eigenvalue weighted by Gasteiger charge is 2.14. The van der Waals surface area contributed by atoms with E-state index in [1.54, 1.807) is 6.20 Å². The van der Waals surface area contributed by atoms with Gasteiger partial charge in [0.15, 0.2) is 0 Å². The average Bonchev–Trinajstić information content (AvgIpc) is 3.00. The number of hydrogen-bond donors (Lipinski definition) is 0. The third-order valence-electron chi connectivity index (χ3n) is 6.43. The van der Waals surface area contributed by atoms with Crippen LogP contribution in [0.25, 0.3) is 33.5 Å². The van der Waals surface area contributed by atoms with Crippen molar-refractivity contribution in [2.45, 2.75) is 0 Å². The van der Waals surface area contributed by atoms with Crippen molar-refractivity contribution in [2.24, 2.45) is 0 Å². The lowest BCUT2D eigenvalue weighted by Crippen LogP contribution is -2.10. The topological polar surface area (TPSA) is 29.0 Å². The van der Waals surface area contributed by atoms with Gasteiger partial charge in [0.25, 0.3) is 0 Å². The molecular weight excluding hydrogens is 450 g/mol. The molecule has 0 unspecified atom stereocenters. The van der Waals surface area contributed by atoms with Gasteiger partial charge in [-0.05, 0) is 70.8 Å². The summed E-state index contributed by atoms with van der Waals surface area (Å²) in [6, 6.07) is 46.4. The van der Waals surface area contributed by atoms with Gasteiger partial charge in [-0.15, -0.1) is 0 Å². The van der Waals surface area contributed by atoms with Crippen LogP contribution in [0, 0.1) is 0 Å². The van der Waals surface area contributed by atoms with Crippen molar-refractivity contribution in [3.05, 3.63) is 152 Å². The summed E-state index contributed by atoms with van der Waals surface area (Å²) in [6.45, 7) is 0. The van der Waals surface area contributed by atoms with E-state index in [1.807, 2.05) is 36.7 Å². The normalized spacial score (nSPS) is 10.7. The van der Waals surface area contributed by atoms with Crippen LogP contribution in [0.1, 0.15) is 0 Å². The Kier molecular flexibility index (Phi) is 6.25. The Morgan fingerprint density at radius 2 is 0.865 bits per heavy atom. The van der Waals surface area contributed by atoms with E-state index < -0.39 is 0 Å². The molecule has 0 aliphatic rings. The number of benzene rings is 4. The van der Waals surface area contributed by atoms with Crippen LogP contribution in [0.15, 0.2) is 152 Å². The van der Waals surface area contributed by atoms with Crippen LogP contribution in [0.4, 0.5) is 17.1 Å². The van der Waals surface area contributed by atoms with Gasteiger partial charge in [0.1, 0.15) is 0 Å². The SMILES string of the molecule is c1ccc(-c2ccc(N(c3ccc(-c4ccccc4)cc3)c3ccc(-c4cccnc4)nc3)cc2)cc1. The summed E-state index contributed by atoms with van der Waals surface area (Å²) >= 11 is 0. The van der Waals surface area contributed by atoms with E-state index in [-0.39, 0.29) is 0 Å². The van der Waals surface area contributed by atoms with Gasteiger partial charge in [0.05, 0.1) is 17.6 Å². The number of nitrogens with zero attached hydrogens (tertiary/aromatic N) is 3. The molecule has 0 saturated carbocycles. The van der Waals surface area contributed by atoms with Crippen LogP contribution in [0.5, 0.6) is 0 Å². The number of anilines is 3. The van der Waals surface area contributed by atoms with E-state index in [9.17, 15) is 0 Å². The molecule has 0 N–H and O–H groups in total. The molecular formula is C34H25N3. The van der Waals surface area contributed by atoms with Gasteiger partial charge < -0.3 is 4.90 Å². The maximum absolute atomic E-state index is 4.77. The number of rotatable bonds is 6. The van der Waals surface area contributed by atoms with E-state index in [1.165, 1.54) is 22.3 Å². The molecule has 0 spiro atoms. The highest BCUT2D eigenvalue weighted by atomic mass is 15.1. The zero-order valence-corrected chi connectivity index (χ0v) is 20.3. The second-order valence-electron chi connectivity index (χ2n) is 8.80. The lowest BCUT2D eigenvalue weighted by molar-refractivity contribution is 1.22. The average molecular weight is 476 g/mol. The number of pyridine rings is 2. The first-order valence-electron chi connectivity index (χ1n) is 12.3. The maximum atomic E-state index is 4.77. The van der Waals surface area contributed by atoms with Crippen molar-refractivity contribution in [3.8, 4) is 33.5 Å². The zero-order valence-electron chi connectivity index (χ0n) is 20.3. The van der Waals surface area contributed by atoms with Crippen molar-refractivity contribution >= 4 is 17.1 Å². The van der Waals surface area contributed by atoms with Crippen LogP contribution in [-0.2, 0) is 0 Å². The third kappa shape index (κ3) is 4.89. The Morgan fingerprint density at radius 1 is 0.378 bits per heavy atom. The molecule has 0 bridgehead atoms. The molecule has 176 valence electrons. The molecule has 3 nitrogen and oxygen atoms in total. The number of hydrogen-bond acceptors (Lipinski definition) is 3. The monoisotopic (exact) mass is 475 g/mol. The van der Waals surface area contributed by atoms with Crippen LogP contribution in [0.3, 0.4) is 0 Å². The fourth-order valence-corrected chi connectivity index (χ4v) is 4.52. The van der Waals surface area contributed by atoms with Gasteiger partial charge in [-0.3, -0.25) is 9.97 Å². The van der Waals surface area contributed by atoms with Crippen molar-refractivity contribution in [1.82, 2.24) is 9.97 Å². The van der Waals surface area contributed by atoms with Crippen LogP contribution >= 0.6 is 0 Å². The zero-order chi connectivity index (χ0) is 24.9. The Labute approximate surface area is 217 Å². The second kappa shape index (κ2) is 10.3. The largest absolute Gasteiger partial charge is 0.309 e. The molecule has 2 aromatic heterocycles. The fourth-order valence-electron chi connectivity index (χ4n) is 4.52. The lowest BCUT2D eigenvalue weighted by atomic mass is 10.0.